The summed E-state index contributed by atoms with van der Waals surface area (Å²) in [5, 5.41) is 17.3. The molecule has 0 bridgehead atoms. The van der Waals surface area contributed by atoms with Crippen LogP contribution in [0.4, 0.5) is 11.4 Å². The summed E-state index contributed by atoms with van der Waals surface area (Å²) in [6.07, 6.45) is 1.76. The van der Waals surface area contributed by atoms with E-state index in [1.165, 1.54) is 0 Å². The standard InChI is InChI=1S/C14H17N3O3S/c1-3-20-12-6-4-5-11(13(12)17(18)19)16-9-10(2)14-15-7-8-21-14/h4-8,10,16H,3,9H2,1-2H3. The molecule has 0 aliphatic heterocycles. The first kappa shape index (κ1) is 15.2. The maximum atomic E-state index is 11.3. The Labute approximate surface area is 126 Å². The van der Waals surface area contributed by atoms with Crippen LogP contribution in [0.15, 0.2) is 29.8 Å². The van der Waals surface area contributed by atoms with Crippen molar-refractivity contribution in [2.45, 2.75) is 19.8 Å². The molecule has 0 saturated heterocycles. The summed E-state index contributed by atoms with van der Waals surface area (Å²) in [5.41, 5.74) is 0.444. The summed E-state index contributed by atoms with van der Waals surface area (Å²) in [7, 11) is 0. The number of nitrogens with one attached hydrogen (secondary N) is 1. The zero-order valence-corrected chi connectivity index (χ0v) is 12.7. The van der Waals surface area contributed by atoms with E-state index in [1.54, 1.807) is 42.7 Å². The maximum Gasteiger partial charge on any atom is 0.333 e. The molecule has 0 saturated carbocycles. The number of para-hydroxylation sites is 1. The van der Waals surface area contributed by atoms with E-state index in [2.05, 4.69) is 10.3 Å². The van der Waals surface area contributed by atoms with Gasteiger partial charge in [-0.2, -0.15) is 0 Å². The van der Waals surface area contributed by atoms with Crippen LogP contribution >= 0.6 is 11.3 Å². The van der Waals surface area contributed by atoms with Crippen LogP contribution in [0.1, 0.15) is 24.8 Å². The monoisotopic (exact) mass is 307 g/mol. The van der Waals surface area contributed by atoms with E-state index in [0.717, 1.165) is 5.01 Å². The van der Waals surface area contributed by atoms with Crippen molar-refractivity contribution in [2.75, 3.05) is 18.5 Å². The molecule has 1 aromatic heterocycles. The highest BCUT2D eigenvalue weighted by atomic mass is 32.1. The number of nitrogens with zero attached hydrogens (tertiary/aromatic N) is 2. The molecule has 0 amide bonds. The molecular formula is C14H17N3O3S. The summed E-state index contributed by atoms with van der Waals surface area (Å²) in [6.45, 7) is 4.79. The molecule has 112 valence electrons. The van der Waals surface area contributed by atoms with Crippen LogP contribution < -0.4 is 10.1 Å². The SMILES string of the molecule is CCOc1cccc(NCC(C)c2nccs2)c1[N+](=O)[O-]. The Kier molecular flexibility index (Phi) is 5.10. The number of aromatic nitrogens is 1. The van der Waals surface area contributed by atoms with Gasteiger partial charge in [0.1, 0.15) is 5.69 Å². The van der Waals surface area contributed by atoms with Gasteiger partial charge in [0.15, 0.2) is 5.75 Å². The summed E-state index contributed by atoms with van der Waals surface area (Å²) in [6, 6.07) is 5.04. The average molecular weight is 307 g/mol. The van der Waals surface area contributed by atoms with Crippen LogP contribution in [0.25, 0.3) is 0 Å². The molecule has 0 fully saturated rings. The first-order chi connectivity index (χ1) is 10.1. The fourth-order valence-corrected chi connectivity index (χ4v) is 2.65. The van der Waals surface area contributed by atoms with Crippen molar-refractivity contribution < 1.29 is 9.66 Å². The molecule has 1 aromatic carbocycles. The van der Waals surface area contributed by atoms with Gasteiger partial charge in [-0.15, -0.1) is 11.3 Å². The number of hydrogen-bond acceptors (Lipinski definition) is 6. The third-order valence-electron chi connectivity index (χ3n) is 2.95. The number of anilines is 1. The van der Waals surface area contributed by atoms with Gasteiger partial charge in [0.25, 0.3) is 0 Å². The Bertz CT molecular complexity index is 602. The van der Waals surface area contributed by atoms with Gasteiger partial charge in [-0.3, -0.25) is 10.1 Å². The smallest absolute Gasteiger partial charge is 0.333 e. The minimum absolute atomic E-state index is 0.0225. The normalized spacial score (nSPS) is 11.9. The summed E-state index contributed by atoms with van der Waals surface area (Å²) in [4.78, 5) is 15.1. The van der Waals surface area contributed by atoms with Gasteiger partial charge >= 0.3 is 5.69 Å². The van der Waals surface area contributed by atoms with Crippen molar-refractivity contribution in [3.63, 3.8) is 0 Å². The van der Waals surface area contributed by atoms with Crippen LogP contribution in [0.3, 0.4) is 0 Å². The second-order valence-corrected chi connectivity index (χ2v) is 5.42. The summed E-state index contributed by atoms with van der Waals surface area (Å²) < 4.78 is 5.33. The van der Waals surface area contributed by atoms with Gasteiger partial charge in [-0.1, -0.05) is 13.0 Å². The van der Waals surface area contributed by atoms with Gasteiger partial charge in [-0.05, 0) is 19.1 Å². The highest BCUT2D eigenvalue weighted by Crippen LogP contribution is 2.35. The predicted octanol–water partition coefficient (Wildman–Crippen LogP) is 3.67. The van der Waals surface area contributed by atoms with Gasteiger partial charge in [-0.25, -0.2) is 4.98 Å². The lowest BCUT2D eigenvalue weighted by molar-refractivity contribution is -0.384. The molecule has 6 nitrogen and oxygen atoms in total. The van der Waals surface area contributed by atoms with E-state index < -0.39 is 4.92 Å². The summed E-state index contributed by atoms with van der Waals surface area (Å²) >= 11 is 1.58. The maximum absolute atomic E-state index is 11.3. The van der Waals surface area contributed by atoms with Crippen LogP contribution in [0, 0.1) is 10.1 Å². The predicted molar refractivity (Wildman–Crippen MR) is 83.3 cm³/mol. The second-order valence-electron chi connectivity index (χ2n) is 4.49. The molecule has 1 heterocycles. The highest BCUT2D eigenvalue weighted by molar-refractivity contribution is 7.09. The summed E-state index contributed by atoms with van der Waals surface area (Å²) in [5.74, 6) is 0.467. The number of nitro benzene ring substituents is 1. The molecule has 7 heteroatoms. The van der Waals surface area contributed by atoms with Crippen molar-refractivity contribution in [3.8, 4) is 5.75 Å². The number of ether oxygens (including phenoxy) is 1. The fourth-order valence-electron chi connectivity index (χ4n) is 1.95. The van der Waals surface area contributed by atoms with Crippen molar-refractivity contribution in [1.82, 2.24) is 4.98 Å². The average Bonchev–Trinajstić information content (AvgIpc) is 2.99. The number of benzene rings is 1. The fraction of sp³-hybridized carbons (Fsp3) is 0.357. The zero-order valence-electron chi connectivity index (χ0n) is 11.9. The molecule has 1 N–H and O–H groups in total. The molecule has 2 rings (SSSR count). The van der Waals surface area contributed by atoms with E-state index in [-0.39, 0.29) is 17.4 Å². The van der Waals surface area contributed by atoms with E-state index in [9.17, 15) is 10.1 Å². The Morgan fingerprint density at radius 3 is 2.95 bits per heavy atom. The Balaban J connectivity index is 2.15. The largest absolute Gasteiger partial charge is 0.487 e. The molecule has 2 aromatic rings. The minimum atomic E-state index is -0.415. The third kappa shape index (κ3) is 3.69. The highest BCUT2D eigenvalue weighted by Gasteiger charge is 2.21. The Hall–Kier alpha value is -2.15. The number of hydrogen-bond donors (Lipinski definition) is 1. The lowest BCUT2D eigenvalue weighted by Gasteiger charge is -2.13. The van der Waals surface area contributed by atoms with Crippen LogP contribution in [0.2, 0.25) is 0 Å². The van der Waals surface area contributed by atoms with Gasteiger partial charge in [0.05, 0.1) is 16.5 Å². The van der Waals surface area contributed by atoms with Gasteiger partial charge < -0.3 is 10.1 Å². The third-order valence-corrected chi connectivity index (χ3v) is 3.96. The van der Waals surface area contributed by atoms with Crippen molar-refractivity contribution in [1.29, 1.82) is 0 Å². The van der Waals surface area contributed by atoms with Crippen LogP contribution in [-0.2, 0) is 0 Å². The molecular weight excluding hydrogens is 290 g/mol. The van der Waals surface area contributed by atoms with Crippen molar-refractivity contribution in [2.24, 2.45) is 0 Å². The quantitative estimate of drug-likeness (QED) is 0.624. The van der Waals surface area contributed by atoms with Crippen LogP contribution in [0.5, 0.6) is 5.75 Å². The van der Waals surface area contributed by atoms with Gasteiger partial charge in [0, 0.05) is 24.0 Å². The Morgan fingerprint density at radius 1 is 1.52 bits per heavy atom. The first-order valence-corrected chi connectivity index (χ1v) is 7.55. The lowest BCUT2D eigenvalue weighted by Crippen LogP contribution is -2.11. The number of thiazole rings is 1. The number of rotatable bonds is 7. The molecule has 0 aliphatic carbocycles. The molecule has 1 atom stereocenters. The molecule has 0 spiro atoms. The second kappa shape index (κ2) is 7.03. The molecule has 21 heavy (non-hydrogen) atoms. The zero-order chi connectivity index (χ0) is 15.2. The van der Waals surface area contributed by atoms with E-state index in [1.807, 2.05) is 12.3 Å². The molecule has 0 aliphatic rings. The number of nitro groups is 1. The van der Waals surface area contributed by atoms with E-state index >= 15 is 0 Å². The van der Waals surface area contributed by atoms with Crippen molar-refractivity contribution in [3.05, 3.63) is 44.9 Å². The topological polar surface area (TPSA) is 77.3 Å². The minimum Gasteiger partial charge on any atom is -0.487 e. The molecule has 0 radical (unpaired) electrons. The van der Waals surface area contributed by atoms with Crippen molar-refractivity contribution >= 4 is 22.7 Å². The Morgan fingerprint density at radius 2 is 2.33 bits per heavy atom. The van der Waals surface area contributed by atoms with Crippen LogP contribution in [-0.4, -0.2) is 23.1 Å². The van der Waals surface area contributed by atoms with E-state index in [0.29, 0.717) is 18.8 Å². The van der Waals surface area contributed by atoms with E-state index in [4.69, 9.17) is 4.74 Å². The first-order valence-electron chi connectivity index (χ1n) is 6.67. The lowest BCUT2D eigenvalue weighted by atomic mass is 10.2. The van der Waals surface area contributed by atoms with Gasteiger partial charge in [0.2, 0.25) is 0 Å². The molecule has 1 unspecified atom stereocenters.